The van der Waals surface area contributed by atoms with E-state index in [1.54, 1.807) is 0 Å². The summed E-state index contributed by atoms with van der Waals surface area (Å²) in [5.41, 5.74) is 0. The molecule has 0 rings (SSSR count). The van der Waals surface area contributed by atoms with E-state index in [0.717, 1.165) is 0 Å². The van der Waals surface area contributed by atoms with Crippen LogP contribution in [0.1, 0.15) is 6.42 Å². The van der Waals surface area contributed by atoms with Crippen molar-refractivity contribution < 1.29 is 9.84 Å². The first-order chi connectivity index (χ1) is 3.41. The predicted molar refractivity (Wildman–Crippen MR) is 26.3 cm³/mol. The molecule has 0 saturated carbocycles. The highest BCUT2D eigenvalue weighted by atomic mass is 16.5. The Balaban J connectivity index is 2.45. The molecule has 0 N–H and O–H groups in total. The Kier molecular flexibility index (Phi) is 5.85. The van der Waals surface area contributed by atoms with E-state index in [2.05, 4.69) is 6.92 Å². The van der Waals surface area contributed by atoms with Gasteiger partial charge in [-0.25, -0.2) is 5.11 Å². The van der Waals surface area contributed by atoms with Gasteiger partial charge >= 0.3 is 0 Å². The molecule has 0 amide bonds. The summed E-state index contributed by atoms with van der Waals surface area (Å²) in [4.78, 5) is 0. The lowest BCUT2D eigenvalue weighted by Gasteiger charge is -1.93. The second kappa shape index (κ2) is 5.92. The number of hydrogen-bond acceptors (Lipinski definition) is 1. The van der Waals surface area contributed by atoms with Gasteiger partial charge in [0.2, 0.25) is 0 Å². The first-order valence-corrected chi connectivity index (χ1v) is 2.37. The average molecular weight is 102 g/mol. The molecule has 0 fully saturated rings. The number of ether oxygens (including phenoxy) is 1. The lowest BCUT2D eigenvalue weighted by molar-refractivity contribution is 0.115. The molecule has 0 bridgehead atoms. The molecule has 0 spiro atoms. The first-order valence-electron chi connectivity index (χ1n) is 2.37. The maximum absolute atomic E-state index is 9.70. The molecule has 0 aromatic carbocycles. The van der Waals surface area contributed by atoms with Crippen LogP contribution in [0.3, 0.4) is 0 Å². The molecule has 42 valence electrons. The predicted octanol–water partition coefficient (Wildman–Crippen LogP) is 0.658. The van der Waals surface area contributed by atoms with Gasteiger partial charge in [-0.3, -0.25) is 0 Å². The zero-order valence-electron chi connectivity index (χ0n) is 4.35. The standard InChI is InChI=1S/C5H10O2/c1-2-7-5-3-4-6/h1-5H2. The first kappa shape index (κ1) is 6.92. The molecule has 0 aromatic heterocycles. The summed E-state index contributed by atoms with van der Waals surface area (Å²) in [5.74, 6) is 0. The lowest BCUT2D eigenvalue weighted by Crippen LogP contribution is -1.94. The van der Waals surface area contributed by atoms with Gasteiger partial charge in [0.15, 0.2) is 0 Å². The summed E-state index contributed by atoms with van der Waals surface area (Å²) in [7, 11) is 0. The molecule has 2 nitrogen and oxygen atoms in total. The van der Waals surface area contributed by atoms with Crippen LogP contribution in [-0.2, 0) is 9.84 Å². The smallest absolute Gasteiger partial charge is 0.0844 e. The average Bonchev–Trinajstić information content (AvgIpc) is 1.69. The van der Waals surface area contributed by atoms with Crippen LogP contribution in [0.25, 0.3) is 0 Å². The molecule has 0 unspecified atom stereocenters. The largest absolute Gasteiger partial charge is 0.381 e. The van der Waals surface area contributed by atoms with E-state index in [4.69, 9.17) is 4.74 Å². The van der Waals surface area contributed by atoms with E-state index in [0.29, 0.717) is 19.6 Å². The van der Waals surface area contributed by atoms with Crippen LogP contribution < -0.4 is 0 Å². The summed E-state index contributed by atoms with van der Waals surface area (Å²) in [5, 5.41) is 9.70. The monoisotopic (exact) mass is 102 g/mol. The molecule has 2 heteroatoms. The molecular weight excluding hydrogens is 92.1 g/mol. The van der Waals surface area contributed by atoms with Crippen molar-refractivity contribution >= 4 is 0 Å². The van der Waals surface area contributed by atoms with Gasteiger partial charge in [-0.15, -0.1) is 0 Å². The fraction of sp³-hybridized carbons (Fsp3) is 0.800. The van der Waals surface area contributed by atoms with Crippen LogP contribution in [-0.4, -0.2) is 19.8 Å². The van der Waals surface area contributed by atoms with Crippen molar-refractivity contribution in [2.75, 3.05) is 19.8 Å². The van der Waals surface area contributed by atoms with Crippen LogP contribution in [0.5, 0.6) is 0 Å². The van der Waals surface area contributed by atoms with Crippen molar-refractivity contribution in [1.82, 2.24) is 0 Å². The topological polar surface area (TPSA) is 29.1 Å². The Labute approximate surface area is 44.1 Å². The van der Waals surface area contributed by atoms with Gasteiger partial charge in [0, 0.05) is 13.2 Å². The highest BCUT2D eigenvalue weighted by Gasteiger charge is 1.80. The highest BCUT2D eigenvalue weighted by Crippen LogP contribution is 1.77. The Bertz CT molecular complexity index is 25.3. The summed E-state index contributed by atoms with van der Waals surface area (Å²) in [6.07, 6.45) is 0.607. The second-order valence-electron chi connectivity index (χ2n) is 1.17. The third-order valence-electron chi connectivity index (χ3n) is 0.577. The molecule has 7 heavy (non-hydrogen) atoms. The zero-order valence-corrected chi connectivity index (χ0v) is 4.35. The second-order valence-corrected chi connectivity index (χ2v) is 1.17. The maximum Gasteiger partial charge on any atom is 0.0844 e. The van der Waals surface area contributed by atoms with Crippen molar-refractivity contribution in [2.24, 2.45) is 0 Å². The van der Waals surface area contributed by atoms with E-state index in [1.165, 1.54) is 0 Å². The highest BCUT2D eigenvalue weighted by molar-refractivity contribution is 4.32. The molecule has 0 atom stereocenters. The molecule has 0 aliphatic rings. The minimum absolute atomic E-state index is 0.0417. The number of hydrogen-bond donors (Lipinski definition) is 0. The Morgan fingerprint density at radius 3 is 2.71 bits per heavy atom. The SMILES string of the molecule is [CH2]COCCC[O]. The summed E-state index contributed by atoms with van der Waals surface area (Å²) < 4.78 is 4.76. The molecule has 0 heterocycles. The van der Waals surface area contributed by atoms with Crippen LogP contribution in [0.2, 0.25) is 0 Å². The zero-order chi connectivity index (χ0) is 5.54. The maximum atomic E-state index is 9.70. The van der Waals surface area contributed by atoms with Gasteiger partial charge in [-0.1, -0.05) is 0 Å². The van der Waals surface area contributed by atoms with Crippen molar-refractivity contribution in [1.29, 1.82) is 0 Å². The van der Waals surface area contributed by atoms with E-state index in [-0.39, 0.29) is 6.61 Å². The third kappa shape index (κ3) is 5.92. The fourth-order valence-electron chi connectivity index (χ4n) is 0.263. The number of rotatable bonds is 4. The quantitative estimate of drug-likeness (QED) is 0.479. The molecule has 0 saturated heterocycles. The van der Waals surface area contributed by atoms with Crippen molar-refractivity contribution in [3.63, 3.8) is 0 Å². The Hall–Kier alpha value is -0.0800. The fourth-order valence-corrected chi connectivity index (χ4v) is 0.263. The van der Waals surface area contributed by atoms with Crippen LogP contribution in [0, 0.1) is 6.92 Å². The van der Waals surface area contributed by atoms with Crippen molar-refractivity contribution in [3.8, 4) is 0 Å². The van der Waals surface area contributed by atoms with E-state index in [9.17, 15) is 5.11 Å². The van der Waals surface area contributed by atoms with E-state index in [1.807, 2.05) is 0 Å². The molecule has 0 aliphatic carbocycles. The van der Waals surface area contributed by atoms with Crippen LogP contribution >= 0.6 is 0 Å². The van der Waals surface area contributed by atoms with Crippen LogP contribution in [0.4, 0.5) is 0 Å². The molecular formula is C5H10O2. The molecule has 0 aliphatic heterocycles. The normalized spacial score (nSPS) is 9.43. The van der Waals surface area contributed by atoms with Gasteiger partial charge in [-0.2, -0.15) is 0 Å². The van der Waals surface area contributed by atoms with Gasteiger partial charge in [0.05, 0.1) is 6.61 Å². The van der Waals surface area contributed by atoms with E-state index >= 15 is 0 Å². The van der Waals surface area contributed by atoms with Crippen LogP contribution in [0.15, 0.2) is 0 Å². The summed E-state index contributed by atoms with van der Waals surface area (Å²) in [6.45, 7) is 4.43. The molecule has 2 radical (unpaired) electrons. The summed E-state index contributed by atoms with van der Waals surface area (Å²) in [6, 6.07) is 0. The molecule has 0 aromatic rings. The lowest BCUT2D eigenvalue weighted by atomic mass is 10.5. The minimum atomic E-state index is -0.0417. The van der Waals surface area contributed by atoms with Gasteiger partial charge < -0.3 is 4.74 Å². The Morgan fingerprint density at radius 2 is 2.29 bits per heavy atom. The third-order valence-corrected chi connectivity index (χ3v) is 0.577. The van der Waals surface area contributed by atoms with Crippen molar-refractivity contribution in [3.05, 3.63) is 6.92 Å². The van der Waals surface area contributed by atoms with Gasteiger partial charge in [-0.05, 0) is 13.3 Å². The van der Waals surface area contributed by atoms with Gasteiger partial charge in [0.25, 0.3) is 0 Å². The Morgan fingerprint density at radius 1 is 1.57 bits per heavy atom. The van der Waals surface area contributed by atoms with Crippen molar-refractivity contribution in [2.45, 2.75) is 6.42 Å². The summed E-state index contributed by atoms with van der Waals surface area (Å²) >= 11 is 0. The van der Waals surface area contributed by atoms with Gasteiger partial charge in [0.1, 0.15) is 0 Å². The van der Waals surface area contributed by atoms with E-state index < -0.39 is 0 Å². The minimum Gasteiger partial charge on any atom is -0.381 e.